The van der Waals surface area contributed by atoms with Crippen molar-refractivity contribution in [3.63, 3.8) is 0 Å². The van der Waals surface area contributed by atoms with E-state index < -0.39 is 0 Å². The summed E-state index contributed by atoms with van der Waals surface area (Å²) in [4.78, 5) is 0. The topological polar surface area (TPSA) is 40.5 Å². The number of benzene rings is 2. The molecule has 0 saturated heterocycles. The molecule has 0 unspecified atom stereocenters. The first-order valence-corrected chi connectivity index (χ1v) is 5.35. The van der Waals surface area contributed by atoms with Gasteiger partial charge in [0.15, 0.2) is 11.5 Å². The van der Waals surface area contributed by atoms with Gasteiger partial charge >= 0.3 is 0 Å². The van der Waals surface area contributed by atoms with Gasteiger partial charge in [-0.2, -0.15) is 0 Å². The van der Waals surface area contributed by atoms with Crippen LogP contribution in [0.25, 0.3) is 0 Å². The first kappa shape index (κ1) is 13.0. The summed E-state index contributed by atoms with van der Waals surface area (Å²) in [6.07, 6.45) is 0.869. The summed E-state index contributed by atoms with van der Waals surface area (Å²) in [5, 5.41) is 17.9. The van der Waals surface area contributed by atoms with Crippen LogP contribution in [-0.2, 0) is 6.42 Å². The maximum absolute atomic E-state index is 11.9. The Kier molecular flexibility index (Phi) is 5.01. The average Bonchev–Trinajstić information content (AvgIpc) is 2.34. The van der Waals surface area contributed by atoms with Crippen molar-refractivity contribution in [2.24, 2.45) is 0 Å². The molecular formula is C14H15FO2. The lowest BCUT2D eigenvalue weighted by Gasteiger charge is -1.98. The van der Waals surface area contributed by atoms with Crippen LogP contribution in [0.4, 0.5) is 4.39 Å². The first-order chi connectivity index (χ1) is 8.13. The molecule has 90 valence electrons. The van der Waals surface area contributed by atoms with Gasteiger partial charge in [-0.1, -0.05) is 31.2 Å². The number of hydrogen-bond donors (Lipinski definition) is 2. The van der Waals surface area contributed by atoms with Crippen LogP contribution in [-0.4, -0.2) is 10.2 Å². The van der Waals surface area contributed by atoms with Crippen molar-refractivity contribution < 1.29 is 14.6 Å². The normalized spacial score (nSPS) is 9.29. The Morgan fingerprint density at radius 3 is 2.00 bits per heavy atom. The molecule has 2 aromatic rings. The molecule has 0 bridgehead atoms. The van der Waals surface area contributed by atoms with Crippen LogP contribution in [0.3, 0.4) is 0 Å². The molecular weight excluding hydrogens is 219 g/mol. The van der Waals surface area contributed by atoms with Gasteiger partial charge in [-0.25, -0.2) is 4.39 Å². The van der Waals surface area contributed by atoms with Crippen LogP contribution in [0.5, 0.6) is 11.5 Å². The Labute approximate surface area is 100.0 Å². The second kappa shape index (κ2) is 6.53. The third-order valence-corrected chi connectivity index (χ3v) is 2.18. The highest BCUT2D eigenvalue weighted by atomic mass is 19.1. The Bertz CT molecular complexity index is 455. The lowest BCUT2D eigenvalue weighted by Crippen LogP contribution is -1.77. The number of rotatable bonds is 1. The molecule has 0 heterocycles. The van der Waals surface area contributed by atoms with Crippen molar-refractivity contribution >= 4 is 0 Å². The van der Waals surface area contributed by atoms with Crippen LogP contribution in [0, 0.1) is 5.82 Å². The Balaban J connectivity index is 0.000000181. The molecule has 0 aliphatic rings. The molecule has 0 fully saturated rings. The fraction of sp³-hybridized carbons (Fsp3) is 0.143. The quantitative estimate of drug-likeness (QED) is 0.741. The molecule has 0 aliphatic heterocycles. The molecule has 0 saturated carbocycles. The second-order valence-electron chi connectivity index (χ2n) is 3.47. The predicted molar refractivity (Wildman–Crippen MR) is 65.5 cm³/mol. The van der Waals surface area contributed by atoms with E-state index in [2.05, 4.69) is 0 Å². The summed E-state index contributed by atoms with van der Waals surface area (Å²) in [6.45, 7) is 1.99. The van der Waals surface area contributed by atoms with E-state index in [1.165, 1.54) is 18.2 Å². The van der Waals surface area contributed by atoms with Crippen molar-refractivity contribution in [1.82, 2.24) is 0 Å². The van der Waals surface area contributed by atoms with Gasteiger partial charge in [0.25, 0.3) is 0 Å². The van der Waals surface area contributed by atoms with Gasteiger partial charge in [-0.15, -0.1) is 0 Å². The van der Waals surface area contributed by atoms with Gasteiger partial charge < -0.3 is 10.2 Å². The van der Waals surface area contributed by atoms with Gasteiger partial charge in [0.1, 0.15) is 5.82 Å². The van der Waals surface area contributed by atoms with E-state index >= 15 is 0 Å². The van der Waals surface area contributed by atoms with E-state index in [1.54, 1.807) is 30.3 Å². The molecule has 0 radical (unpaired) electrons. The number of halogens is 1. The zero-order valence-electron chi connectivity index (χ0n) is 9.60. The largest absolute Gasteiger partial charge is 0.504 e. The minimum absolute atomic E-state index is 0.0423. The van der Waals surface area contributed by atoms with Gasteiger partial charge in [0.05, 0.1) is 0 Å². The first-order valence-electron chi connectivity index (χ1n) is 5.35. The maximum Gasteiger partial charge on any atom is 0.157 e. The molecule has 0 atom stereocenters. The molecule has 0 aliphatic carbocycles. The number of aromatic hydroxyl groups is 2. The van der Waals surface area contributed by atoms with Gasteiger partial charge in [0, 0.05) is 0 Å². The number of phenolic OH excluding ortho intramolecular Hbond substituents is 2. The van der Waals surface area contributed by atoms with Gasteiger partial charge in [0.2, 0.25) is 0 Å². The molecule has 0 spiro atoms. The van der Waals surface area contributed by atoms with E-state index in [9.17, 15) is 4.39 Å². The Morgan fingerprint density at radius 1 is 0.941 bits per heavy atom. The summed E-state index contributed by atoms with van der Waals surface area (Å²) < 4.78 is 11.9. The third-order valence-electron chi connectivity index (χ3n) is 2.18. The fourth-order valence-corrected chi connectivity index (χ4v) is 1.20. The highest BCUT2D eigenvalue weighted by Gasteiger charge is 1.97. The second-order valence-corrected chi connectivity index (χ2v) is 3.47. The predicted octanol–water partition coefficient (Wildman–Crippen LogP) is 3.49. The van der Waals surface area contributed by atoms with Gasteiger partial charge in [-0.05, 0) is 36.2 Å². The van der Waals surface area contributed by atoms with E-state index in [-0.39, 0.29) is 17.3 Å². The van der Waals surface area contributed by atoms with Crippen molar-refractivity contribution in [1.29, 1.82) is 0 Å². The Hall–Kier alpha value is -2.03. The van der Waals surface area contributed by atoms with E-state index in [0.717, 1.165) is 12.0 Å². The van der Waals surface area contributed by atoms with Crippen LogP contribution in [0.1, 0.15) is 12.5 Å². The van der Waals surface area contributed by atoms with Crippen LogP contribution in [0.15, 0.2) is 48.5 Å². The summed E-state index contributed by atoms with van der Waals surface area (Å²) in [5.74, 6) is -0.279. The van der Waals surface area contributed by atoms with Gasteiger partial charge in [-0.3, -0.25) is 0 Å². The van der Waals surface area contributed by atoms with Crippen molar-refractivity contribution in [3.05, 3.63) is 59.9 Å². The van der Waals surface area contributed by atoms with Crippen molar-refractivity contribution in [2.45, 2.75) is 13.3 Å². The molecule has 2 aromatic carbocycles. The van der Waals surface area contributed by atoms with Crippen molar-refractivity contribution in [3.8, 4) is 11.5 Å². The van der Waals surface area contributed by atoms with Crippen LogP contribution < -0.4 is 0 Å². The molecule has 2 nitrogen and oxygen atoms in total. The number of hydrogen-bond acceptors (Lipinski definition) is 2. The summed E-state index contributed by atoms with van der Waals surface area (Å²) in [7, 11) is 0. The molecule has 2 rings (SSSR count). The number of phenols is 2. The molecule has 17 heavy (non-hydrogen) atoms. The third kappa shape index (κ3) is 4.55. The maximum atomic E-state index is 11.9. The highest BCUT2D eigenvalue weighted by molar-refractivity contribution is 5.40. The monoisotopic (exact) mass is 234 g/mol. The lowest BCUT2D eigenvalue weighted by molar-refractivity contribution is 0.403. The Morgan fingerprint density at radius 2 is 1.59 bits per heavy atom. The van der Waals surface area contributed by atoms with Crippen LogP contribution in [0.2, 0.25) is 0 Å². The number of aryl methyl sites for hydroxylation is 1. The zero-order valence-corrected chi connectivity index (χ0v) is 9.60. The molecule has 3 heteroatoms. The standard InChI is InChI=1S/C8H10O2.C6H5F/c1-2-6-3-4-7(9)8(10)5-6;7-6-4-2-1-3-5-6/h3-5,9-10H,2H2,1H3;1-5H. The smallest absolute Gasteiger partial charge is 0.157 e. The molecule has 0 aromatic heterocycles. The molecule has 0 amide bonds. The van der Waals surface area contributed by atoms with Crippen LogP contribution >= 0.6 is 0 Å². The SMILES string of the molecule is CCc1ccc(O)c(O)c1.Fc1ccccc1. The van der Waals surface area contributed by atoms with E-state index in [0.29, 0.717) is 0 Å². The average molecular weight is 234 g/mol. The zero-order chi connectivity index (χ0) is 12.7. The summed E-state index contributed by atoms with van der Waals surface area (Å²) >= 11 is 0. The minimum Gasteiger partial charge on any atom is -0.504 e. The molecule has 2 N–H and O–H groups in total. The lowest BCUT2D eigenvalue weighted by atomic mass is 10.1. The van der Waals surface area contributed by atoms with Crippen molar-refractivity contribution in [2.75, 3.05) is 0 Å². The summed E-state index contributed by atoms with van der Waals surface area (Å²) in [6, 6.07) is 12.8. The van der Waals surface area contributed by atoms with E-state index in [4.69, 9.17) is 10.2 Å². The summed E-state index contributed by atoms with van der Waals surface area (Å²) in [5.41, 5.74) is 1.02. The minimum atomic E-state index is -0.178. The highest BCUT2D eigenvalue weighted by Crippen LogP contribution is 2.24. The van der Waals surface area contributed by atoms with E-state index in [1.807, 2.05) is 6.92 Å². The fourth-order valence-electron chi connectivity index (χ4n) is 1.20.